The van der Waals surface area contributed by atoms with Crippen LogP contribution in [0.15, 0.2) is 0 Å². The van der Waals surface area contributed by atoms with E-state index in [1.165, 1.54) is 0 Å². The Kier molecular flexibility index (Phi) is 6.03. The van der Waals surface area contributed by atoms with Gasteiger partial charge in [0.1, 0.15) is 0 Å². The van der Waals surface area contributed by atoms with Crippen LogP contribution in [0, 0.1) is 5.92 Å². The first kappa shape index (κ1) is 15.1. The van der Waals surface area contributed by atoms with E-state index in [1.807, 2.05) is 0 Å². The fourth-order valence-corrected chi connectivity index (χ4v) is 6.01. The molecule has 0 radical (unpaired) electrons. The van der Waals surface area contributed by atoms with E-state index in [0.29, 0.717) is 5.92 Å². The third-order valence-electron chi connectivity index (χ3n) is 3.78. The second kappa shape index (κ2) is 5.99. The summed E-state index contributed by atoms with van der Waals surface area (Å²) in [6.07, 6.45) is 2.03. The van der Waals surface area contributed by atoms with Gasteiger partial charge in [-0.2, -0.15) is 0 Å². The fourth-order valence-electron chi connectivity index (χ4n) is 2.71. The normalized spacial score (nSPS) is 13.6. The van der Waals surface area contributed by atoms with Crippen molar-refractivity contribution in [2.24, 2.45) is 5.92 Å². The summed E-state index contributed by atoms with van der Waals surface area (Å²) >= 11 is 0. The summed E-state index contributed by atoms with van der Waals surface area (Å²) in [4.78, 5) is 0. The van der Waals surface area contributed by atoms with Crippen LogP contribution in [0.3, 0.4) is 0 Å². The van der Waals surface area contributed by atoms with Gasteiger partial charge in [-0.1, -0.05) is 27.7 Å². The number of hydrogen-bond acceptors (Lipinski definition) is 3. The summed E-state index contributed by atoms with van der Waals surface area (Å²) in [5, 5.41) is 0.0191. The Balaban J connectivity index is 5.34. The summed E-state index contributed by atoms with van der Waals surface area (Å²) in [6.45, 7) is 8.79. The maximum absolute atomic E-state index is 5.64. The van der Waals surface area contributed by atoms with Crippen LogP contribution in [0.5, 0.6) is 0 Å². The Morgan fingerprint density at radius 1 is 0.933 bits per heavy atom. The van der Waals surface area contributed by atoms with Crippen LogP contribution < -0.4 is 0 Å². The molecular formula is C11H26O3Si. The molecule has 0 spiro atoms. The van der Waals surface area contributed by atoms with Gasteiger partial charge in [0.05, 0.1) is 0 Å². The minimum Gasteiger partial charge on any atom is -0.376 e. The van der Waals surface area contributed by atoms with Crippen LogP contribution in [0.4, 0.5) is 0 Å². The first-order valence-corrected chi connectivity index (χ1v) is 7.38. The summed E-state index contributed by atoms with van der Waals surface area (Å²) in [5.41, 5.74) is 0. The molecule has 4 heteroatoms. The Bertz CT molecular complexity index is 166. The van der Waals surface area contributed by atoms with Crippen LogP contribution in [0.2, 0.25) is 5.04 Å². The summed E-state index contributed by atoms with van der Waals surface area (Å²) in [7, 11) is 2.53. The zero-order valence-corrected chi connectivity index (χ0v) is 12.2. The van der Waals surface area contributed by atoms with Crippen LogP contribution in [0.25, 0.3) is 0 Å². The molecule has 0 aliphatic heterocycles. The first-order chi connectivity index (χ1) is 7.00. The predicted octanol–water partition coefficient (Wildman–Crippen LogP) is 3.08. The highest BCUT2D eigenvalue weighted by molar-refractivity contribution is 6.64. The summed E-state index contributed by atoms with van der Waals surface area (Å²) < 4.78 is 16.9. The third-order valence-corrected chi connectivity index (χ3v) is 7.90. The molecule has 0 heterocycles. The van der Waals surface area contributed by atoms with Crippen molar-refractivity contribution in [3.8, 4) is 0 Å². The molecule has 0 aromatic carbocycles. The first-order valence-electron chi connectivity index (χ1n) is 5.65. The van der Waals surface area contributed by atoms with E-state index in [4.69, 9.17) is 13.3 Å². The van der Waals surface area contributed by atoms with E-state index < -0.39 is 8.80 Å². The van der Waals surface area contributed by atoms with Gasteiger partial charge in [-0.25, -0.2) is 0 Å². The molecule has 0 aliphatic carbocycles. The Hall–Kier alpha value is 0.0969. The maximum Gasteiger partial charge on any atom is 0.506 e. The highest BCUT2D eigenvalue weighted by Gasteiger charge is 2.59. The van der Waals surface area contributed by atoms with E-state index in [2.05, 4.69) is 27.7 Å². The topological polar surface area (TPSA) is 27.7 Å². The quantitative estimate of drug-likeness (QED) is 0.634. The SMILES string of the molecule is CCC(CC)(C(C)C)[Si](OC)(OC)OC. The minimum atomic E-state index is -2.56. The Morgan fingerprint density at radius 2 is 1.27 bits per heavy atom. The molecule has 0 amide bonds. The molecule has 0 aromatic heterocycles. The average molecular weight is 234 g/mol. The number of hydrogen-bond donors (Lipinski definition) is 0. The van der Waals surface area contributed by atoms with Crippen LogP contribution in [-0.4, -0.2) is 30.1 Å². The fraction of sp³-hybridized carbons (Fsp3) is 1.00. The maximum atomic E-state index is 5.64. The molecule has 92 valence electrons. The number of rotatable bonds is 7. The van der Waals surface area contributed by atoms with Gasteiger partial charge in [-0.3, -0.25) is 0 Å². The van der Waals surface area contributed by atoms with E-state index in [1.54, 1.807) is 21.3 Å². The smallest absolute Gasteiger partial charge is 0.376 e. The lowest BCUT2D eigenvalue weighted by molar-refractivity contribution is 0.0711. The summed E-state index contributed by atoms with van der Waals surface area (Å²) in [5.74, 6) is 0.485. The molecule has 0 aliphatic rings. The molecule has 15 heavy (non-hydrogen) atoms. The van der Waals surface area contributed by atoms with Gasteiger partial charge in [0.25, 0.3) is 0 Å². The Morgan fingerprint density at radius 3 is 1.33 bits per heavy atom. The third kappa shape index (κ3) is 2.28. The molecular weight excluding hydrogens is 208 g/mol. The highest BCUT2D eigenvalue weighted by atomic mass is 28.4. The van der Waals surface area contributed by atoms with Gasteiger partial charge < -0.3 is 13.3 Å². The van der Waals surface area contributed by atoms with Crippen molar-refractivity contribution in [1.82, 2.24) is 0 Å². The average Bonchev–Trinajstić information content (AvgIpc) is 2.26. The molecule has 0 N–H and O–H groups in total. The summed E-state index contributed by atoms with van der Waals surface area (Å²) in [6, 6.07) is 0. The van der Waals surface area contributed by atoms with Crippen molar-refractivity contribution in [2.45, 2.75) is 45.6 Å². The van der Waals surface area contributed by atoms with Gasteiger partial charge in [0.2, 0.25) is 0 Å². The Labute approximate surface area is 95.5 Å². The molecule has 0 atom stereocenters. The lowest BCUT2D eigenvalue weighted by atomic mass is 9.89. The molecule has 0 saturated heterocycles. The van der Waals surface area contributed by atoms with E-state index in [-0.39, 0.29) is 5.04 Å². The predicted molar refractivity (Wildman–Crippen MR) is 64.9 cm³/mol. The van der Waals surface area contributed by atoms with Crippen molar-refractivity contribution in [3.63, 3.8) is 0 Å². The van der Waals surface area contributed by atoms with Gasteiger partial charge in [0, 0.05) is 26.4 Å². The van der Waals surface area contributed by atoms with Crippen LogP contribution in [-0.2, 0) is 13.3 Å². The molecule has 0 saturated carbocycles. The van der Waals surface area contributed by atoms with Gasteiger partial charge >= 0.3 is 8.80 Å². The molecule has 3 nitrogen and oxygen atoms in total. The van der Waals surface area contributed by atoms with E-state index in [0.717, 1.165) is 12.8 Å². The van der Waals surface area contributed by atoms with Crippen molar-refractivity contribution < 1.29 is 13.3 Å². The minimum absolute atomic E-state index is 0.0191. The van der Waals surface area contributed by atoms with Crippen molar-refractivity contribution in [1.29, 1.82) is 0 Å². The van der Waals surface area contributed by atoms with Crippen LogP contribution >= 0.6 is 0 Å². The van der Waals surface area contributed by atoms with E-state index >= 15 is 0 Å². The molecule has 0 aromatic rings. The largest absolute Gasteiger partial charge is 0.506 e. The van der Waals surface area contributed by atoms with E-state index in [9.17, 15) is 0 Å². The standard InChI is InChI=1S/C11H26O3Si/c1-8-11(9-2,10(3)4)15(12-5,13-6)14-7/h10H,8-9H2,1-7H3. The molecule has 0 rings (SSSR count). The lowest BCUT2D eigenvalue weighted by Crippen LogP contribution is -2.56. The van der Waals surface area contributed by atoms with Crippen molar-refractivity contribution in [2.75, 3.05) is 21.3 Å². The lowest BCUT2D eigenvalue weighted by Gasteiger charge is -2.45. The zero-order valence-electron chi connectivity index (χ0n) is 11.2. The molecule has 0 bridgehead atoms. The zero-order chi connectivity index (χ0) is 12.1. The monoisotopic (exact) mass is 234 g/mol. The van der Waals surface area contributed by atoms with Crippen molar-refractivity contribution in [3.05, 3.63) is 0 Å². The molecule has 0 unspecified atom stereocenters. The second-order valence-corrected chi connectivity index (χ2v) is 7.52. The molecule has 0 fully saturated rings. The highest BCUT2D eigenvalue weighted by Crippen LogP contribution is 2.51. The van der Waals surface area contributed by atoms with Gasteiger partial charge in [-0.05, 0) is 18.8 Å². The second-order valence-electron chi connectivity index (χ2n) is 4.19. The van der Waals surface area contributed by atoms with Crippen LogP contribution in [0.1, 0.15) is 40.5 Å². The van der Waals surface area contributed by atoms with Gasteiger partial charge in [-0.15, -0.1) is 0 Å². The van der Waals surface area contributed by atoms with Gasteiger partial charge in [0.15, 0.2) is 0 Å². The van der Waals surface area contributed by atoms with Crippen molar-refractivity contribution >= 4 is 8.80 Å².